The highest BCUT2D eigenvalue weighted by Gasteiger charge is 2.46. The SMILES string of the molecule is C#Cc1ccccc1C(C(=O)NCCC(=O)OCC)N(C(=O)CNC(=O)OC(C)(C)C)C1CC1C. The molecule has 1 aliphatic rings. The monoisotopic (exact) mass is 485 g/mol. The number of hydrogen-bond donors (Lipinski definition) is 2. The first-order valence-corrected chi connectivity index (χ1v) is 11.7. The molecule has 9 nitrogen and oxygen atoms in total. The molecule has 1 aromatic rings. The molecule has 0 saturated heterocycles. The molecule has 3 amide bonds. The molecule has 3 unspecified atom stereocenters. The van der Waals surface area contributed by atoms with Crippen molar-refractivity contribution in [1.82, 2.24) is 15.5 Å². The highest BCUT2D eigenvalue weighted by atomic mass is 16.6. The summed E-state index contributed by atoms with van der Waals surface area (Å²) >= 11 is 0. The maximum absolute atomic E-state index is 13.4. The molecule has 190 valence electrons. The van der Waals surface area contributed by atoms with Crippen molar-refractivity contribution < 1.29 is 28.7 Å². The van der Waals surface area contributed by atoms with E-state index in [1.807, 2.05) is 6.92 Å². The molecule has 3 atom stereocenters. The molecule has 1 aliphatic carbocycles. The van der Waals surface area contributed by atoms with Crippen LogP contribution in [0, 0.1) is 18.3 Å². The van der Waals surface area contributed by atoms with E-state index < -0.39 is 35.5 Å². The molecule has 0 heterocycles. The van der Waals surface area contributed by atoms with E-state index in [9.17, 15) is 19.2 Å². The van der Waals surface area contributed by atoms with E-state index in [1.54, 1.807) is 52.0 Å². The number of alkyl carbamates (subject to hydrolysis) is 1. The lowest BCUT2D eigenvalue weighted by atomic mass is 9.97. The van der Waals surface area contributed by atoms with Gasteiger partial charge in [0.25, 0.3) is 0 Å². The lowest BCUT2D eigenvalue weighted by Gasteiger charge is -2.32. The van der Waals surface area contributed by atoms with Crippen molar-refractivity contribution in [2.45, 2.75) is 65.1 Å². The normalized spacial score (nSPS) is 17.4. The van der Waals surface area contributed by atoms with Crippen LogP contribution in [0.15, 0.2) is 24.3 Å². The van der Waals surface area contributed by atoms with Crippen LogP contribution < -0.4 is 10.6 Å². The van der Waals surface area contributed by atoms with Gasteiger partial charge in [-0.15, -0.1) is 6.42 Å². The minimum Gasteiger partial charge on any atom is -0.466 e. The third kappa shape index (κ3) is 8.32. The smallest absolute Gasteiger partial charge is 0.408 e. The molecule has 1 fully saturated rings. The van der Waals surface area contributed by atoms with Crippen LogP contribution >= 0.6 is 0 Å². The van der Waals surface area contributed by atoms with Gasteiger partial charge in [-0.3, -0.25) is 14.4 Å². The van der Waals surface area contributed by atoms with Gasteiger partial charge in [0, 0.05) is 18.2 Å². The van der Waals surface area contributed by atoms with E-state index in [0.717, 1.165) is 0 Å². The van der Waals surface area contributed by atoms with E-state index in [-0.39, 0.29) is 38.1 Å². The summed E-state index contributed by atoms with van der Waals surface area (Å²) in [5.41, 5.74) is 0.253. The third-order valence-corrected chi connectivity index (χ3v) is 5.37. The Balaban J connectivity index is 2.30. The lowest BCUT2D eigenvalue weighted by molar-refractivity contribution is -0.144. The molecule has 0 spiro atoms. The number of amides is 3. The Morgan fingerprint density at radius 2 is 1.86 bits per heavy atom. The summed E-state index contributed by atoms with van der Waals surface area (Å²) in [6, 6.07) is 5.67. The number of hydrogen-bond acceptors (Lipinski definition) is 6. The summed E-state index contributed by atoms with van der Waals surface area (Å²) in [4.78, 5) is 52.1. The first-order valence-electron chi connectivity index (χ1n) is 11.7. The Labute approximate surface area is 206 Å². The second-order valence-electron chi connectivity index (χ2n) is 9.42. The fourth-order valence-electron chi connectivity index (χ4n) is 3.67. The third-order valence-electron chi connectivity index (χ3n) is 5.37. The first-order chi connectivity index (χ1) is 16.5. The Morgan fingerprint density at radius 3 is 2.43 bits per heavy atom. The van der Waals surface area contributed by atoms with Gasteiger partial charge in [0.1, 0.15) is 18.2 Å². The van der Waals surface area contributed by atoms with E-state index in [4.69, 9.17) is 15.9 Å². The fourth-order valence-corrected chi connectivity index (χ4v) is 3.67. The van der Waals surface area contributed by atoms with Crippen molar-refractivity contribution >= 4 is 23.9 Å². The summed E-state index contributed by atoms with van der Waals surface area (Å²) in [6.45, 7) is 8.80. The van der Waals surface area contributed by atoms with Crippen molar-refractivity contribution in [2.24, 2.45) is 5.92 Å². The van der Waals surface area contributed by atoms with Gasteiger partial charge in [0.15, 0.2) is 0 Å². The van der Waals surface area contributed by atoms with E-state index in [2.05, 4.69) is 16.6 Å². The molecule has 9 heteroatoms. The molecule has 2 N–H and O–H groups in total. The summed E-state index contributed by atoms with van der Waals surface area (Å²) in [5, 5.41) is 5.21. The highest BCUT2D eigenvalue weighted by Crippen LogP contribution is 2.40. The zero-order chi connectivity index (χ0) is 26.2. The van der Waals surface area contributed by atoms with Crippen molar-refractivity contribution in [3.63, 3.8) is 0 Å². The minimum atomic E-state index is -1.03. The molecule has 0 aromatic heterocycles. The predicted molar refractivity (Wildman–Crippen MR) is 130 cm³/mol. The Kier molecular flexibility index (Phi) is 9.69. The lowest BCUT2D eigenvalue weighted by Crippen LogP contribution is -2.49. The van der Waals surface area contributed by atoms with Crippen molar-refractivity contribution in [3.8, 4) is 12.3 Å². The number of terminal acetylenes is 1. The van der Waals surface area contributed by atoms with Gasteiger partial charge in [-0.05, 0) is 51.7 Å². The topological polar surface area (TPSA) is 114 Å². The van der Waals surface area contributed by atoms with Gasteiger partial charge >= 0.3 is 12.1 Å². The zero-order valence-electron chi connectivity index (χ0n) is 21.1. The Bertz CT molecular complexity index is 978. The number of nitrogens with zero attached hydrogens (tertiary/aromatic N) is 1. The average Bonchev–Trinajstić information content (AvgIpc) is 3.50. The molecule has 0 bridgehead atoms. The van der Waals surface area contributed by atoms with Gasteiger partial charge in [0.05, 0.1) is 13.0 Å². The number of esters is 1. The van der Waals surface area contributed by atoms with Gasteiger partial charge < -0.3 is 25.0 Å². The predicted octanol–water partition coefficient (Wildman–Crippen LogP) is 2.54. The average molecular weight is 486 g/mol. The molecule has 1 saturated carbocycles. The summed E-state index contributed by atoms with van der Waals surface area (Å²) in [6.07, 6.45) is 5.68. The van der Waals surface area contributed by atoms with Crippen LogP contribution in [0.3, 0.4) is 0 Å². The van der Waals surface area contributed by atoms with E-state index in [0.29, 0.717) is 17.5 Å². The molecule has 2 rings (SSSR count). The number of carbonyl (C=O) groups excluding carboxylic acids is 4. The Morgan fingerprint density at radius 1 is 1.20 bits per heavy atom. The quantitative estimate of drug-likeness (QED) is 0.389. The standard InChI is InChI=1S/C26H35N3O6/c1-7-18-11-9-10-12-19(18)23(24(32)27-14-13-22(31)34-8-2)29(20-15-17(20)3)21(30)16-28-25(33)35-26(4,5)6/h1,9-12,17,20,23H,8,13-16H2,2-6H3,(H,27,32)(H,28,33). The largest absolute Gasteiger partial charge is 0.466 e. The number of ether oxygens (including phenoxy) is 2. The first kappa shape index (κ1) is 27.7. The van der Waals surface area contributed by atoms with Crippen LogP contribution in [0.25, 0.3) is 0 Å². The summed E-state index contributed by atoms with van der Waals surface area (Å²) in [5.74, 6) is 1.41. The fraction of sp³-hybridized carbons (Fsp3) is 0.538. The number of carbonyl (C=O) groups is 4. The van der Waals surface area contributed by atoms with Gasteiger partial charge in [-0.2, -0.15) is 0 Å². The Hall–Kier alpha value is -3.54. The van der Waals surface area contributed by atoms with Crippen LogP contribution in [0.5, 0.6) is 0 Å². The maximum Gasteiger partial charge on any atom is 0.408 e. The summed E-state index contributed by atoms with van der Waals surface area (Å²) in [7, 11) is 0. The number of benzene rings is 1. The van der Waals surface area contributed by atoms with Crippen molar-refractivity contribution in [1.29, 1.82) is 0 Å². The molecule has 0 aliphatic heterocycles. The van der Waals surface area contributed by atoms with Crippen molar-refractivity contribution in [3.05, 3.63) is 35.4 Å². The maximum atomic E-state index is 13.4. The minimum absolute atomic E-state index is 0.00291. The number of nitrogens with one attached hydrogen (secondary N) is 2. The number of rotatable bonds is 10. The van der Waals surface area contributed by atoms with Crippen LogP contribution in [-0.4, -0.2) is 60.1 Å². The van der Waals surface area contributed by atoms with Crippen LogP contribution in [0.2, 0.25) is 0 Å². The van der Waals surface area contributed by atoms with E-state index in [1.165, 1.54) is 4.90 Å². The van der Waals surface area contributed by atoms with Gasteiger partial charge in [-0.1, -0.05) is 31.0 Å². The van der Waals surface area contributed by atoms with Gasteiger partial charge in [0.2, 0.25) is 11.8 Å². The van der Waals surface area contributed by atoms with Crippen LogP contribution in [0.1, 0.15) is 64.6 Å². The molecule has 0 radical (unpaired) electrons. The molecule has 35 heavy (non-hydrogen) atoms. The van der Waals surface area contributed by atoms with Gasteiger partial charge in [-0.25, -0.2) is 4.79 Å². The molecule has 1 aromatic carbocycles. The van der Waals surface area contributed by atoms with Crippen LogP contribution in [-0.2, 0) is 23.9 Å². The van der Waals surface area contributed by atoms with Crippen LogP contribution in [0.4, 0.5) is 4.79 Å². The molecular formula is C26H35N3O6. The van der Waals surface area contributed by atoms with Crippen molar-refractivity contribution in [2.75, 3.05) is 19.7 Å². The second kappa shape index (κ2) is 12.2. The zero-order valence-corrected chi connectivity index (χ0v) is 21.1. The van der Waals surface area contributed by atoms with E-state index >= 15 is 0 Å². The molecular weight excluding hydrogens is 450 g/mol. The second-order valence-corrected chi connectivity index (χ2v) is 9.42. The highest BCUT2D eigenvalue weighted by molar-refractivity contribution is 5.91. The summed E-state index contributed by atoms with van der Waals surface area (Å²) < 4.78 is 10.1.